The van der Waals surface area contributed by atoms with Crippen LogP contribution >= 0.6 is 7.75 Å². The molecule has 0 aliphatic carbocycles. The van der Waals surface area contributed by atoms with Crippen molar-refractivity contribution in [2.24, 2.45) is 0 Å². The summed E-state index contributed by atoms with van der Waals surface area (Å²) in [6, 6.07) is 0. The maximum atomic E-state index is 14.3. The second-order valence-corrected chi connectivity index (χ2v) is 28.3. The van der Waals surface area contributed by atoms with Crippen molar-refractivity contribution in [2.45, 2.75) is 141 Å². The van der Waals surface area contributed by atoms with Crippen LogP contribution in [0.5, 0.6) is 0 Å². The lowest BCUT2D eigenvalue weighted by atomic mass is 10.2. The zero-order chi connectivity index (χ0) is 39.2. The highest BCUT2D eigenvalue weighted by Crippen LogP contribution is 2.50. The van der Waals surface area contributed by atoms with Crippen LogP contribution in [0.4, 0.5) is 0 Å². The van der Waals surface area contributed by atoms with Crippen molar-refractivity contribution in [1.29, 1.82) is 0 Å². The second-order valence-electron chi connectivity index (χ2n) is 16.8. The Hall–Kier alpha value is -2.26. The minimum absolute atomic E-state index is 0.0985. The first kappa shape index (κ1) is 42.5. The fourth-order valence-corrected chi connectivity index (χ4v) is 9.03. The summed E-state index contributed by atoms with van der Waals surface area (Å²) >= 11 is 0. The molecule has 0 bridgehead atoms. The lowest BCUT2D eigenvalue weighted by Crippen LogP contribution is -2.46. The molecule has 0 saturated carbocycles. The average molecular weight is 788 g/mol. The largest absolute Gasteiger partial charge is 0.414 e. The summed E-state index contributed by atoms with van der Waals surface area (Å²) in [7, 11) is -7.23. The highest BCUT2D eigenvalue weighted by molar-refractivity contribution is 7.51. The van der Waals surface area contributed by atoms with Gasteiger partial charge >= 0.3 is 19.1 Å². The quantitative estimate of drug-likeness (QED) is 0.191. The molecule has 2 saturated heterocycles. The molecule has 0 aromatic carbocycles. The summed E-state index contributed by atoms with van der Waals surface area (Å²) in [5, 5.41) is 2.47. The molecule has 7 atom stereocenters. The minimum atomic E-state index is -4.07. The maximum absolute atomic E-state index is 14.3. The van der Waals surface area contributed by atoms with Crippen LogP contribution in [0.3, 0.4) is 0 Å². The van der Waals surface area contributed by atoms with Gasteiger partial charge in [0.25, 0.3) is 11.1 Å². The highest BCUT2D eigenvalue weighted by Gasteiger charge is 2.48. The molecule has 3 N–H and O–H groups in total. The van der Waals surface area contributed by atoms with E-state index in [2.05, 4.69) is 82.8 Å². The van der Waals surface area contributed by atoms with Crippen LogP contribution in [-0.2, 0) is 31.9 Å². The lowest BCUT2D eigenvalue weighted by molar-refractivity contribution is -0.0509. The van der Waals surface area contributed by atoms with E-state index in [1.165, 1.54) is 28.6 Å². The van der Waals surface area contributed by atoms with E-state index in [9.17, 15) is 23.7 Å². The van der Waals surface area contributed by atoms with Gasteiger partial charge in [0.05, 0.1) is 19.3 Å². The number of nitrogens with zero attached hydrogens (tertiary/aromatic N) is 2. The van der Waals surface area contributed by atoms with Crippen molar-refractivity contribution >= 4 is 24.4 Å². The topological polar surface area (TPSA) is 194 Å². The number of ether oxygens (including phenoxy) is 2. The first-order valence-corrected chi connectivity index (χ1v) is 25.0. The molecule has 2 aliphatic heterocycles. The number of hydrogen-bond donors (Lipinski definition) is 3. The van der Waals surface area contributed by atoms with Gasteiger partial charge in [0.15, 0.2) is 16.6 Å². The Labute approximate surface area is 306 Å². The summed E-state index contributed by atoms with van der Waals surface area (Å²) in [6.07, 6.45) is -1.20. The molecule has 16 nitrogen and oxygen atoms in total. The molecule has 4 rings (SSSR count). The Morgan fingerprint density at radius 3 is 1.67 bits per heavy atom. The zero-order valence-corrected chi connectivity index (χ0v) is 35.7. The Kier molecular flexibility index (Phi) is 12.6. The molecule has 0 amide bonds. The third kappa shape index (κ3) is 9.51. The molecular weight excluding hydrogens is 730 g/mol. The van der Waals surface area contributed by atoms with Crippen LogP contribution in [0.25, 0.3) is 0 Å². The van der Waals surface area contributed by atoms with Crippen LogP contribution in [0.2, 0.25) is 36.3 Å². The molecule has 0 radical (unpaired) electrons. The van der Waals surface area contributed by atoms with E-state index in [0.29, 0.717) is 11.1 Å². The molecule has 1 unspecified atom stereocenters. The fraction of sp³-hybridized carbons (Fsp3) is 0.758. The molecule has 19 heteroatoms. The van der Waals surface area contributed by atoms with Crippen molar-refractivity contribution in [3.63, 3.8) is 0 Å². The van der Waals surface area contributed by atoms with Gasteiger partial charge in [-0.2, -0.15) is 0 Å². The van der Waals surface area contributed by atoms with Gasteiger partial charge in [-0.3, -0.25) is 37.7 Å². The van der Waals surface area contributed by atoms with Gasteiger partial charge in [-0.25, -0.2) is 19.2 Å². The standard InChI is InChI=1S/C33H58N5O11PSi2/c1-20-16-37(30(41)35-28(20)39)26-14-22(25(47-26)19-45-51(10,11)32(3,4)5)48-50(43,34-9)44-18-24-23(49-52(12,13)33(6,7)8)15-27(46-24)38-17-21(2)29(40)36-31(38)42/h16-17,22-27H,14-15,18-19H2,1-13H3,(H,34,43)(H,35,39,41)(H,36,40,42)/t22-,23-,24+,25+,26+,27+,50?/m0/s1. The summed E-state index contributed by atoms with van der Waals surface area (Å²) < 4.78 is 55.1. The van der Waals surface area contributed by atoms with E-state index in [1.54, 1.807) is 13.8 Å². The van der Waals surface area contributed by atoms with Crippen molar-refractivity contribution in [2.75, 3.05) is 20.3 Å². The van der Waals surface area contributed by atoms with Gasteiger partial charge in [-0.05, 0) is 57.2 Å². The Morgan fingerprint density at radius 1 is 0.788 bits per heavy atom. The van der Waals surface area contributed by atoms with E-state index in [4.69, 9.17) is 27.4 Å². The van der Waals surface area contributed by atoms with Crippen LogP contribution in [0, 0.1) is 13.8 Å². The first-order chi connectivity index (χ1) is 23.8. The lowest BCUT2D eigenvalue weighted by Gasteiger charge is -2.39. The maximum Gasteiger partial charge on any atom is 0.405 e. The number of hydrogen-bond acceptors (Lipinski definition) is 11. The van der Waals surface area contributed by atoms with E-state index < -0.39 is 83.8 Å². The molecular formula is C33H58N5O11PSi2. The molecule has 4 heterocycles. The van der Waals surface area contributed by atoms with E-state index >= 15 is 0 Å². The van der Waals surface area contributed by atoms with Crippen LogP contribution in [0.15, 0.2) is 31.6 Å². The predicted molar refractivity (Wildman–Crippen MR) is 202 cm³/mol. The van der Waals surface area contributed by atoms with Gasteiger partial charge in [-0.1, -0.05) is 41.5 Å². The highest BCUT2D eigenvalue weighted by atomic mass is 31.2. The third-order valence-corrected chi connectivity index (χ3v) is 21.5. The van der Waals surface area contributed by atoms with E-state index in [0.717, 1.165) is 0 Å². The van der Waals surface area contributed by atoms with Crippen molar-refractivity contribution < 1.29 is 31.9 Å². The molecule has 294 valence electrons. The average Bonchev–Trinajstić information content (AvgIpc) is 3.60. The van der Waals surface area contributed by atoms with Gasteiger partial charge < -0.3 is 18.3 Å². The van der Waals surface area contributed by atoms with Gasteiger partial charge in [-0.15, -0.1) is 0 Å². The summed E-state index contributed by atoms with van der Waals surface area (Å²) in [5.74, 6) is 0. The van der Waals surface area contributed by atoms with Crippen molar-refractivity contribution in [3.8, 4) is 0 Å². The smallest absolute Gasteiger partial charge is 0.405 e. The molecule has 2 aromatic heterocycles. The monoisotopic (exact) mass is 787 g/mol. The summed E-state index contributed by atoms with van der Waals surface area (Å²) in [5.41, 5.74) is -1.56. The van der Waals surface area contributed by atoms with Crippen LogP contribution < -0.4 is 27.6 Å². The van der Waals surface area contributed by atoms with Gasteiger partial charge in [0.1, 0.15) is 30.8 Å². The van der Waals surface area contributed by atoms with Crippen LogP contribution in [0.1, 0.15) is 78.0 Å². The first-order valence-electron chi connectivity index (χ1n) is 17.7. The number of aryl methyl sites for hydroxylation is 2. The third-order valence-electron chi connectivity index (χ3n) is 10.9. The summed E-state index contributed by atoms with van der Waals surface area (Å²) in [6.45, 7) is 24.2. The Balaban J connectivity index is 1.59. The molecule has 2 aromatic rings. The number of rotatable bonds is 13. The van der Waals surface area contributed by atoms with Crippen LogP contribution in [-0.4, -0.2) is 80.4 Å². The molecule has 52 heavy (non-hydrogen) atoms. The van der Waals surface area contributed by atoms with Gasteiger partial charge in [0.2, 0.25) is 0 Å². The zero-order valence-electron chi connectivity index (χ0n) is 32.8. The Bertz CT molecular complexity index is 1880. The minimum Gasteiger partial charge on any atom is -0.414 e. The predicted octanol–water partition coefficient (Wildman–Crippen LogP) is 4.42. The van der Waals surface area contributed by atoms with E-state index in [1.807, 2.05) is 0 Å². The number of H-pyrrole nitrogens is 2. The molecule has 2 fully saturated rings. The number of nitrogens with one attached hydrogen (secondary N) is 3. The van der Waals surface area contributed by atoms with Crippen molar-refractivity contribution in [1.82, 2.24) is 24.2 Å². The number of aromatic nitrogens is 4. The summed E-state index contributed by atoms with van der Waals surface area (Å²) in [4.78, 5) is 54.4. The SMILES string of the molecule is CNP(=O)(OC[C@H]1O[C@@H](n2cc(C)c(=O)[nH]c2=O)C[C@@H]1O[Si](C)(C)C(C)(C)C)O[C@H]1C[C@H](n2cc(C)c(=O)[nH]c2=O)O[C@@H]1CO[Si](C)(C)C(C)(C)C. The Morgan fingerprint density at radius 2 is 1.23 bits per heavy atom. The molecule has 0 spiro atoms. The van der Waals surface area contributed by atoms with Crippen molar-refractivity contribution in [3.05, 3.63) is 65.2 Å². The molecule has 2 aliphatic rings. The second kappa shape index (κ2) is 15.5. The normalized spacial score (nSPS) is 25.8. The fourth-order valence-electron chi connectivity index (χ4n) is 5.44. The van der Waals surface area contributed by atoms with E-state index in [-0.39, 0.29) is 36.1 Å². The number of aromatic amines is 2. The van der Waals surface area contributed by atoms with Gasteiger partial charge in [0, 0.05) is 36.4 Å².